The fraction of sp³-hybridized carbons (Fsp3) is 0.310. The lowest BCUT2D eigenvalue weighted by atomic mass is 9.63. The van der Waals surface area contributed by atoms with Crippen LogP contribution in [0.4, 0.5) is 4.39 Å². The summed E-state index contributed by atoms with van der Waals surface area (Å²) in [5, 5.41) is 0. The average molecular weight is 460 g/mol. The molecular weight excluding hydrogens is 425 g/mol. The molecule has 4 nitrogen and oxygen atoms in total. The molecule has 0 aliphatic heterocycles. The lowest BCUT2D eigenvalue weighted by Gasteiger charge is -2.47. The molecule has 1 amide bonds. The largest absolute Gasteiger partial charge is 0.366 e. The van der Waals surface area contributed by atoms with Crippen molar-refractivity contribution >= 4 is 5.91 Å². The smallest absolute Gasteiger partial charge is 0.241 e. The number of halogens is 1. The Balaban J connectivity index is 2.05. The summed E-state index contributed by atoms with van der Waals surface area (Å²) in [6.45, 7) is 10.6. The second-order valence-corrected chi connectivity index (χ2v) is 9.65. The topological polar surface area (TPSA) is 60.9 Å². The first-order valence-electron chi connectivity index (χ1n) is 11.5. The molecule has 5 heteroatoms. The lowest BCUT2D eigenvalue weighted by Crippen LogP contribution is -2.42. The van der Waals surface area contributed by atoms with Crippen molar-refractivity contribution in [1.29, 1.82) is 0 Å². The van der Waals surface area contributed by atoms with Crippen LogP contribution in [-0.2, 0) is 10.3 Å². The van der Waals surface area contributed by atoms with Crippen molar-refractivity contribution in [3.05, 3.63) is 113 Å². The van der Waals surface area contributed by atoms with Crippen molar-refractivity contribution in [2.45, 2.75) is 53.0 Å². The van der Waals surface area contributed by atoms with Gasteiger partial charge in [-0.15, -0.1) is 0 Å². The van der Waals surface area contributed by atoms with Crippen LogP contribution in [0.15, 0.2) is 102 Å². The number of aromatic nitrogens is 2. The normalized spacial score (nSPS) is 21.6. The molecule has 0 radical (unpaired) electrons. The maximum atomic E-state index is 13.8. The van der Waals surface area contributed by atoms with E-state index in [1.165, 1.54) is 29.4 Å². The number of amides is 1. The molecule has 1 aromatic carbocycles. The minimum Gasteiger partial charge on any atom is -0.366 e. The highest BCUT2D eigenvalue weighted by Crippen LogP contribution is 2.51. The van der Waals surface area contributed by atoms with Crippen molar-refractivity contribution in [2.75, 3.05) is 0 Å². The Morgan fingerprint density at radius 1 is 1.12 bits per heavy atom. The van der Waals surface area contributed by atoms with Crippen molar-refractivity contribution in [3.63, 3.8) is 0 Å². The van der Waals surface area contributed by atoms with Crippen molar-refractivity contribution in [1.82, 2.24) is 9.55 Å². The van der Waals surface area contributed by atoms with Crippen molar-refractivity contribution in [3.8, 4) is 0 Å². The maximum Gasteiger partial charge on any atom is 0.241 e. The third-order valence-corrected chi connectivity index (χ3v) is 6.73. The Labute approximate surface area is 202 Å². The Bertz CT molecular complexity index is 1180. The molecule has 2 aromatic rings. The van der Waals surface area contributed by atoms with Gasteiger partial charge in [-0.1, -0.05) is 61.9 Å². The van der Waals surface area contributed by atoms with Crippen LogP contribution in [0.5, 0.6) is 0 Å². The quantitative estimate of drug-likeness (QED) is 0.385. The SMILES string of the molecule is CC1=C(/C=C/C(C)=C/C=C/C(C)=C/C(N)=O)C(C)(C)CC[C@]1(c1ccc(F)cc1)n1ccnc1. The Kier molecular flexibility index (Phi) is 7.55. The van der Waals surface area contributed by atoms with E-state index in [9.17, 15) is 9.18 Å². The number of allylic oxidation sites excluding steroid dienone is 9. The van der Waals surface area contributed by atoms with Gasteiger partial charge in [-0.3, -0.25) is 4.79 Å². The molecule has 0 saturated carbocycles. The summed E-state index contributed by atoms with van der Waals surface area (Å²) in [6.07, 6.45) is 19.0. The number of nitrogens with zero attached hydrogens (tertiary/aromatic N) is 2. The van der Waals surface area contributed by atoms with Gasteiger partial charge in [0, 0.05) is 18.5 Å². The Morgan fingerprint density at radius 2 is 1.82 bits per heavy atom. The molecule has 0 spiro atoms. The first-order chi connectivity index (χ1) is 16.1. The van der Waals surface area contributed by atoms with Crippen LogP contribution in [0.1, 0.15) is 53.0 Å². The van der Waals surface area contributed by atoms with Crippen LogP contribution >= 0.6 is 0 Å². The highest BCUT2D eigenvalue weighted by atomic mass is 19.1. The molecule has 1 heterocycles. The molecule has 0 fully saturated rings. The van der Waals surface area contributed by atoms with E-state index in [4.69, 9.17) is 5.73 Å². The van der Waals surface area contributed by atoms with Crippen molar-refractivity contribution < 1.29 is 9.18 Å². The van der Waals surface area contributed by atoms with E-state index in [2.05, 4.69) is 42.5 Å². The van der Waals surface area contributed by atoms with Crippen molar-refractivity contribution in [2.24, 2.45) is 11.1 Å². The fourth-order valence-electron chi connectivity index (χ4n) is 4.83. The van der Waals surface area contributed by atoms with E-state index in [1.807, 2.05) is 56.7 Å². The Hall–Kier alpha value is -3.47. The summed E-state index contributed by atoms with van der Waals surface area (Å²) in [5.41, 5.74) is 10.2. The third kappa shape index (κ3) is 5.36. The number of benzene rings is 1. The average Bonchev–Trinajstić information content (AvgIpc) is 3.29. The zero-order chi connectivity index (χ0) is 24.9. The number of primary amides is 1. The monoisotopic (exact) mass is 459 g/mol. The molecule has 2 N–H and O–H groups in total. The van der Waals surface area contributed by atoms with E-state index in [0.717, 1.165) is 29.6 Å². The predicted molar refractivity (Wildman–Crippen MR) is 136 cm³/mol. The molecule has 0 saturated heterocycles. The number of carbonyl (C=O) groups excluding carboxylic acids is 1. The minimum absolute atomic E-state index is 0.0123. The second kappa shape index (κ2) is 10.2. The van der Waals surface area contributed by atoms with E-state index in [1.54, 1.807) is 6.20 Å². The number of hydrogen-bond acceptors (Lipinski definition) is 2. The van der Waals surface area contributed by atoms with E-state index in [-0.39, 0.29) is 11.2 Å². The highest BCUT2D eigenvalue weighted by Gasteiger charge is 2.44. The number of hydrogen-bond donors (Lipinski definition) is 1. The summed E-state index contributed by atoms with van der Waals surface area (Å²) in [6, 6.07) is 6.83. The number of carbonyl (C=O) groups is 1. The standard InChI is InChI=1S/C29H34FN3O/c1-21(7-6-8-22(2)19-27(31)34)9-14-26-23(3)29(16-15-28(26,4)5,33-18-17-32-20-33)24-10-12-25(30)13-11-24/h6-14,17-20H,15-16H2,1-5H3,(H2,31,34)/b8-6+,14-9+,21-7+,22-19+/t29-/m0/s1. The van der Waals surface area contributed by atoms with Crippen LogP contribution in [-0.4, -0.2) is 15.5 Å². The molecule has 1 aliphatic rings. The molecular formula is C29H34FN3O. The fourth-order valence-corrected chi connectivity index (χ4v) is 4.83. The number of imidazole rings is 1. The van der Waals surface area contributed by atoms with Gasteiger partial charge in [0.2, 0.25) is 5.91 Å². The van der Waals surface area contributed by atoms with Gasteiger partial charge in [-0.2, -0.15) is 0 Å². The molecule has 3 rings (SSSR count). The van der Waals surface area contributed by atoms with Gasteiger partial charge >= 0.3 is 0 Å². The lowest BCUT2D eigenvalue weighted by molar-refractivity contribution is -0.113. The third-order valence-electron chi connectivity index (χ3n) is 6.73. The molecule has 0 unspecified atom stereocenters. The van der Waals surface area contributed by atoms with Gasteiger partial charge in [0.05, 0.1) is 11.9 Å². The van der Waals surface area contributed by atoms with E-state index >= 15 is 0 Å². The van der Waals surface area contributed by atoms with Gasteiger partial charge in [-0.25, -0.2) is 9.37 Å². The summed E-state index contributed by atoms with van der Waals surface area (Å²) in [5.74, 6) is -0.690. The van der Waals surface area contributed by atoms with Gasteiger partial charge in [0.1, 0.15) is 5.82 Å². The first kappa shape index (κ1) is 25.2. The molecule has 178 valence electrons. The van der Waals surface area contributed by atoms with Gasteiger partial charge in [0.25, 0.3) is 0 Å². The molecule has 0 bridgehead atoms. The summed E-state index contributed by atoms with van der Waals surface area (Å²) >= 11 is 0. The predicted octanol–water partition coefficient (Wildman–Crippen LogP) is 6.39. The van der Waals surface area contributed by atoms with E-state index in [0.29, 0.717) is 0 Å². The highest BCUT2D eigenvalue weighted by molar-refractivity contribution is 5.86. The van der Waals surface area contributed by atoms with E-state index < -0.39 is 11.4 Å². The number of rotatable bonds is 7. The van der Waals surface area contributed by atoms with Gasteiger partial charge < -0.3 is 10.3 Å². The minimum atomic E-state index is -0.452. The summed E-state index contributed by atoms with van der Waals surface area (Å²) in [7, 11) is 0. The summed E-state index contributed by atoms with van der Waals surface area (Å²) in [4.78, 5) is 15.3. The zero-order valence-corrected chi connectivity index (χ0v) is 20.7. The Morgan fingerprint density at radius 3 is 2.44 bits per heavy atom. The molecule has 1 aromatic heterocycles. The van der Waals surface area contributed by atoms with Gasteiger partial charge in [0.15, 0.2) is 0 Å². The number of nitrogens with two attached hydrogens (primary N) is 1. The van der Waals surface area contributed by atoms with Crippen LogP contribution < -0.4 is 5.73 Å². The van der Waals surface area contributed by atoms with Gasteiger partial charge in [-0.05, 0) is 73.4 Å². The molecule has 34 heavy (non-hydrogen) atoms. The maximum absolute atomic E-state index is 13.8. The van der Waals surface area contributed by atoms with Crippen LogP contribution in [0, 0.1) is 11.2 Å². The van der Waals surface area contributed by atoms with Crippen LogP contribution in [0.2, 0.25) is 0 Å². The summed E-state index contributed by atoms with van der Waals surface area (Å²) < 4.78 is 15.9. The second-order valence-electron chi connectivity index (χ2n) is 9.65. The molecule has 1 aliphatic carbocycles. The first-order valence-corrected chi connectivity index (χ1v) is 11.5. The zero-order valence-electron chi connectivity index (χ0n) is 20.7. The van der Waals surface area contributed by atoms with Crippen LogP contribution in [0.25, 0.3) is 0 Å². The van der Waals surface area contributed by atoms with Crippen LogP contribution in [0.3, 0.4) is 0 Å². The molecule has 1 atom stereocenters.